The number of rotatable bonds is 5. The Bertz CT molecular complexity index is 382. The van der Waals surface area contributed by atoms with E-state index in [1.54, 1.807) is 0 Å². The van der Waals surface area contributed by atoms with Crippen molar-refractivity contribution >= 4 is 0 Å². The van der Waals surface area contributed by atoms with E-state index < -0.39 is 0 Å². The summed E-state index contributed by atoms with van der Waals surface area (Å²) in [4.78, 5) is 0. The van der Waals surface area contributed by atoms with Crippen molar-refractivity contribution in [2.45, 2.75) is 52.2 Å². The van der Waals surface area contributed by atoms with Gasteiger partial charge in [0.15, 0.2) is 0 Å². The summed E-state index contributed by atoms with van der Waals surface area (Å²) in [5.74, 6) is 0.965. The highest BCUT2D eigenvalue weighted by Crippen LogP contribution is 2.36. The Morgan fingerprint density at radius 2 is 2.12 bits per heavy atom. The van der Waals surface area contributed by atoms with Crippen molar-refractivity contribution in [3.63, 3.8) is 0 Å². The number of benzene rings is 1. The molecule has 1 fully saturated rings. The van der Waals surface area contributed by atoms with Gasteiger partial charge < -0.3 is 10.5 Å². The topological polar surface area (TPSA) is 35.2 Å². The molecular formula is C15H23NO. The van der Waals surface area contributed by atoms with E-state index in [4.69, 9.17) is 10.5 Å². The van der Waals surface area contributed by atoms with Gasteiger partial charge in [-0.3, -0.25) is 0 Å². The van der Waals surface area contributed by atoms with Gasteiger partial charge in [0, 0.05) is 6.04 Å². The molecule has 0 aliphatic heterocycles. The molecule has 1 aliphatic carbocycles. The van der Waals surface area contributed by atoms with Crippen LogP contribution < -0.4 is 10.5 Å². The van der Waals surface area contributed by atoms with Gasteiger partial charge in [-0.15, -0.1) is 0 Å². The number of ether oxygens (including phenoxy) is 1. The second kappa shape index (κ2) is 4.69. The summed E-state index contributed by atoms with van der Waals surface area (Å²) in [5, 5.41) is 0. The highest BCUT2D eigenvalue weighted by Gasteiger charge is 2.27. The standard InChI is InChI=1S/C15H23NO/c1-4-15(2,3)14(16)11-6-5-7-13(10-11)17-12-8-9-12/h5-7,10,12,14H,4,8-9,16H2,1-3H3. The van der Waals surface area contributed by atoms with E-state index in [0.717, 1.165) is 12.2 Å². The van der Waals surface area contributed by atoms with Gasteiger partial charge in [0.25, 0.3) is 0 Å². The van der Waals surface area contributed by atoms with Crippen molar-refractivity contribution in [1.82, 2.24) is 0 Å². The number of hydrogen-bond acceptors (Lipinski definition) is 2. The highest BCUT2D eigenvalue weighted by atomic mass is 16.5. The molecule has 0 bridgehead atoms. The Labute approximate surface area is 104 Å². The maximum Gasteiger partial charge on any atom is 0.120 e. The molecule has 2 N–H and O–H groups in total. The minimum absolute atomic E-state index is 0.0650. The average molecular weight is 233 g/mol. The molecule has 1 saturated carbocycles. The van der Waals surface area contributed by atoms with Crippen molar-refractivity contribution in [1.29, 1.82) is 0 Å². The van der Waals surface area contributed by atoms with E-state index in [-0.39, 0.29) is 11.5 Å². The van der Waals surface area contributed by atoms with Crippen LogP contribution in [0.4, 0.5) is 0 Å². The molecule has 0 amide bonds. The molecule has 0 aromatic heterocycles. The van der Waals surface area contributed by atoms with Gasteiger partial charge in [0.2, 0.25) is 0 Å². The summed E-state index contributed by atoms with van der Waals surface area (Å²) in [6.45, 7) is 6.61. The van der Waals surface area contributed by atoms with Crippen LogP contribution in [-0.2, 0) is 0 Å². The van der Waals surface area contributed by atoms with Crippen molar-refractivity contribution in [3.8, 4) is 5.75 Å². The lowest BCUT2D eigenvalue weighted by Crippen LogP contribution is -2.28. The zero-order valence-corrected chi connectivity index (χ0v) is 11.1. The largest absolute Gasteiger partial charge is 0.490 e. The summed E-state index contributed by atoms with van der Waals surface area (Å²) in [7, 11) is 0. The van der Waals surface area contributed by atoms with Crippen molar-refractivity contribution < 1.29 is 4.74 Å². The molecule has 1 aliphatic rings. The Morgan fingerprint density at radius 3 is 2.71 bits per heavy atom. The van der Waals surface area contributed by atoms with Crippen molar-refractivity contribution in [2.24, 2.45) is 11.1 Å². The molecular weight excluding hydrogens is 210 g/mol. The molecule has 0 heterocycles. The van der Waals surface area contributed by atoms with Crippen LogP contribution in [0.5, 0.6) is 5.75 Å². The second-order valence-corrected chi connectivity index (χ2v) is 5.71. The Hall–Kier alpha value is -1.02. The first-order valence-corrected chi connectivity index (χ1v) is 6.55. The van der Waals surface area contributed by atoms with E-state index in [0.29, 0.717) is 6.10 Å². The molecule has 2 nitrogen and oxygen atoms in total. The van der Waals surface area contributed by atoms with Crippen LogP contribution in [0.3, 0.4) is 0 Å². The quantitative estimate of drug-likeness (QED) is 0.842. The predicted molar refractivity (Wildman–Crippen MR) is 71.1 cm³/mol. The Kier molecular flexibility index (Phi) is 3.43. The second-order valence-electron chi connectivity index (χ2n) is 5.71. The van der Waals surface area contributed by atoms with E-state index in [9.17, 15) is 0 Å². The Balaban J connectivity index is 2.14. The van der Waals surface area contributed by atoms with Gasteiger partial charge >= 0.3 is 0 Å². The third-order valence-corrected chi connectivity index (χ3v) is 3.80. The molecule has 1 aromatic rings. The lowest BCUT2D eigenvalue weighted by molar-refractivity contribution is 0.275. The molecule has 2 rings (SSSR count). The van der Waals surface area contributed by atoms with Crippen LogP contribution in [0.2, 0.25) is 0 Å². The molecule has 1 aromatic carbocycles. The van der Waals surface area contributed by atoms with Crippen LogP contribution in [0.1, 0.15) is 51.6 Å². The summed E-state index contributed by atoms with van der Waals surface area (Å²) in [6, 6.07) is 8.32. The predicted octanol–water partition coefficient (Wildman–Crippen LogP) is 3.66. The van der Waals surface area contributed by atoms with Gasteiger partial charge in [-0.1, -0.05) is 32.9 Å². The minimum atomic E-state index is 0.0650. The first-order chi connectivity index (χ1) is 8.03. The Morgan fingerprint density at radius 1 is 1.41 bits per heavy atom. The van der Waals surface area contributed by atoms with Crippen LogP contribution in [-0.4, -0.2) is 6.10 Å². The normalized spacial score (nSPS) is 17.9. The average Bonchev–Trinajstić information content (AvgIpc) is 3.12. The number of hydrogen-bond donors (Lipinski definition) is 1. The van der Waals surface area contributed by atoms with E-state index in [2.05, 4.69) is 32.9 Å². The molecule has 0 spiro atoms. The number of nitrogens with two attached hydrogens (primary N) is 1. The highest BCUT2D eigenvalue weighted by molar-refractivity contribution is 5.31. The van der Waals surface area contributed by atoms with Crippen molar-refractivity contribution in [3.05, 3.63) is 29.8 Å². The SMILES string of the molecule is CCC(C)(C)C(N)c1cccc(OC2CC2)c1. The molecule has 0 radical (unpaired) electrons. The van der Waals surface area contributed by atoms with Gasteiger partial charge in [-0.2, -0.15) is 0 Å². The smallest absolute Gasteiger partial charge is 0.120 e. The summed E-state index contributed by atoms with van der Waals surface area (Å²) in [5.41, 5.74) is 7.64. The molecule has 2 heteroatoms. The van der Waals surface area contributed by atoms with E-state index in [1.807, 2.05) is 12.1 Å². The summed E-state index contributed by atoms with van der Waals surface area (Å²) >= 11 is 0. The molecule has 0 saturated heterocycles. The third kappa shape index (κ3) is 3.01. The minimum Gasteiger partial charge on any atom is -0.490 e. The van der Waals surface area contributed by atoms with E-state index in [1.165, 1.54) is 18.4 Å². The van der Waals surface area contributed by atoms with Gasteiger partial charge in [0.05, 0.1) is 6.10 Å². The lowest BCUT2D eigenvalue weighted by atomic mass is 9.79. The molecule has 17 heavy (non-hydrogen) atoms. The van der Waals surface area contributed by atoms with Gasteiger partial charge in [0.1, 0.15) is 5.75 Å². The fraction of sp³-hybridized carbons (Fsp3) is 0.600. The summed E-state index contributed by atoms with van der Waals surface area (Å²) < 4.78 is 5.81. The van der Waals surface area contributed by atoms with Crippen LogP contribution in [0.15, 0.2) is 24.3 Å². The molecule has 1 unspecified atom stereocenters. The monoisotopic (exact) mass is 233 g/mol. The van der Waals surface area contributed by atoms with Crippen LogP contribution in [0.25, 0.3) is 0 Å². The van der Waals surface area contributed by atoms with Crippen molar-refractivity contribution in [2.75, 3.05) is 0 Å². The van der Waals surface area contributed by atoms with Gasteiger partial charge in [-0.05, 0) is 42.4 Å². The fourth-order valence-electron chi connectivity index (χ4n) is 1.83. The maximum absolute atomic E-state index is 6.34. The van der Waals surface area contributed by atoms with Crippen LogP contribution in [0, 0.1) is 5.41 Å². The van der Waals surface area contributed by atoms with Gasteiger partial charge in [-0.25, -0.2) is 0 Å². The maximum atomic E-state index is 6.34. The first kappa shape index (κ1) is 12.4. The zero-order chi connectivity index (χ0) is 12.5. The first-order valence-electron chi connectivity index (χ1n) is 6.55. The van der Waals surface area contributed by atoms with Crippen LogP contribution >= 0.6 is 0 Å². The lowest BCUT2D eigenvalue weighted by Gasteiger charge is -2.30. The summed E-state index contributed by atoms with van der Waals surface area (Å²) in [6.07, 6.45) is 3.90. The fourth-order valence-corrected chi connectivity index (χ4v) is 1.83. The third-order valence-electron chi connectivity index (χ3n) is 3.80. The van der Waals surface area contributed by atoms with E-state index >= 15 is 0 Å². The zero-order valence-electron chi connectivity index (χ0n) is 11.1. The molecule has 1 atom stereocenters. The molecule has 94 valence electrons.